The van der Waals surface area contributed by atoms with E-state index in [1.807, 2.05) is 30.3 Å². The molecule has 0 saturated heterocycles. The van der Waals surface area contributed by atoms with Crippen molar-refractivity contribution in [3.05, 3.63) is 151 Å². The predicted molar refractivity (Wildman–Crippen MR) is 177 cm³/mol. The van der Waals surface area contributed by atoms with Crippen molar-refractivity contribution >= 4 is 60.7 Å². The van der Waals surface area contributed by atoms with Gasteiger partial charge >= 0.3 is 0 Å². The van der Waals surface area contributed by atoms with Crippen LogP contribution in [0, 0.1) is 0 Å². The van der Waals surface area contributed by atoms with Gasteiger partial charge in [-0.3, -0.25) is 0 Å². The minimum absolute atomic E-state index is 0.581. The molecule has 0 spiro atoms. The topological polar surface area (TPSA) is 48.2 Å². The van der Waals surface area contributed by atoms with Gasteiger partial charge in [0.25, 0.3) is 0 Å². The summed E-state index contributed by atoms with van der Waals surface area (Å²) in [5.41, 5.74) is 15.8. The second-order valence-electron chi connectivity index (χ2n) is 10.6. The van der Waals surface area contributed by atoms with Gasteiger partial charge in [0.2, 0.25) is 0 Å². The zero-order valence-electron chi connectivity index (χ0n) is 23.0. The van der Waals surface area contributed by atoms with Crippen LogP contribution >= 0.6 is 0 Å². The highest BCUT2D eigenvalue weighted by molar-refractivity contribution is 6.23. The fraction of sp³-hybridized carbons (Fsp3) is 0.0263. The molecule has 0 unspecified atom stereocenters. The van der Waals surface area contributed by atoms with E-state index in [0.29, 0.717) is 12.2 Å². The Balaban J connectivity index is 1.50. The predicted octanol–water partition coefficient (Wildman–Crippen LogP) is 9.29. The van der Waals surface area contributed by atoms with Crippen LogP contribution in [0.1, 0.15) is 5.56 Å². The fourth-order valence-corrected chi connectivity index (χ4v) is 6.30. The van der Waals surface area contributed by atoms with E-state index >= 15 is 0 Å². The smallest absolute Gasteiger partial charge is 0.0863 e. The third kappa shape index (κ3) is 3.80. The van der Waals surface area contributed by atoms with Gasteiger partial charge in [0.15, 0.2) is 0 Å². The van der Waals surface area contributed by atoms with Crippen molar-refractivity contribution in [2.75, 3.05) is 5.73 Å². The monoisotopic (exact) mass is 540 g/mol. The number of aliphatic imine (C=N–C) groups is 1. The van der Waals surface area contributed by atoms with Gasteiger partial charge in [0, 0.05) is 32.7 Å². The second-order valence-corrected chi connectivity index (χ2v) is 10.6. The first-order valence-corrected chi connectivity index (χ1v) is 14.2. The first kappa shape index (κ1) is 24.2. The van der Waals surface area contributed by atoms with Crippen LogP contribution in [0.15, 0.2) is 151 Å². The number of nitrogens with zero attached hydrogens (tertiary/aromatic N) is 3. The van der Waals surface area contributed by atoms with Crippen LogP contribution in [-0.2, 0) is 6.54 Å². The third-order valence-electron chi connectivity index (χ3n) is 8.19. The van der Waals surface area contributed by atoms with Gasteiger partial charge in [-0.1, -0.05) is 109 Å². The van der Waals surface area contributed by atoms with Crippen molar-refractivity contribution in [3.63, 3.8) is 0 Å². The molecule has 200 valence electrons. The second kappa shape index (κ2) is 9.79. The molecule has 42 heavy (non-hydrogen) atoms. The van der Waals surface area contributed by atoms with E-state index in [1.165, 1.54) is 43.6 Å². The number of para-hydroxylation sites is 5. The molecule has 0 atom stereocenters. The average molecular weight is 541 g/mol. The first-order valence-electron chi connectivity index (χ1n) is 14.2. The quantitative estimate of drug-likeness (QED) is 0.172. The number of rotatable bonds is 5. The van der Waals surface area contributed by atoms with E-state index in [9.17, 15) is 0 Å². The molecule has 8 aromatic rings. The first-order chi connectivity index (χ1) is 20.8. The summed E-state index contributed by atoms with van der Waals surface area (Å²) in [6.45, 7) is 0.581. The van der Waals surface area contributed by atoms with Gasteiger partial charge in [0.1, 0.15) is 0 Å². The molecule has 0 radical (unpaired) electrons. The summed E-state index contributed by atoms with van der Waals surface area (Å²) in [7, 11) is 0. The number of hydrogen-bond donors (Lipinski definition) is 1. The molecule has 0 bridgehead atoms. The number of benzene rings is 6. The lowest BCUT2D eigenvalue weighted by molar-refractivity contribution is 0.934. The van der Waals surface area contributed by atoms with Gasteiger partial charge in [-0.2, -0.15) is 0 Å². The Hall–Kier alpha value is -5.61. The molecule has 0 aliphatic heterocycles. The number of nitrogens with two attached hydrogens (primary N) is 1. The Morgan fingerprint density at radius 2 is 1.10 bits per heavy atom. The van der Waals surface area contributed by atoms with Crippen LogP contribution < -0.4 is 5.73 Å². The largest absolute Gasteiger partial charge is 0.397 e. The molecule has 2 heterocycles. The van der Waals surface area contributed by atoms with Crippen LogP contribution in [0.2, 0.25) is 0 Å². The fourth-order valence-electron chi connectivity index (χ4n) is 6.30. The molecule has 2 N–H and O–H groups in total. The Morgan fingerprint density at radius 3 is 1.83 bits per heavy atom. The van der Waals surface area contributed by atoms with Crippen LogP contribution in [-0.4, -0.2) is 14.8 Å². The zero-order chi connectivity index (χ0) is 28.0. The molecule has 0 fully saturated rings. The molecule has 0 aliphatic carbocycles. The molecule has 2 aromatic heterocycles. The lowest BCUT2D eigenvalue weighted by atomic mass is 10.1. The van der Waals surface area contributed by atoms with Crippen molar-refractivity contribution in [1.82, 2.24) is 9.13 Å². The van der Waals surface area contributed by atoms with Crippen molar-refractivity contribution in [1.29, 1.82) is 0 Å². The molecule has 8 rings (SSSR count). The number of nitrogen functional groups attached to an aromatic ring is 1. The van der Waals surface area contributed by atoms with Gasteiger partial charge in [0.05, 0.1) is 40.2 Å². The molecule has 0 amide bonds. The number of aromatic nitrogens is 2. The lowest BCUT2D eigenvalue weighted by Crippen LogP contribution is -2.12. The van der Waals surface area contributed by atoms with Gasteiger partial charge in [-0.15, -0.1) is 0 Å². The summed E-state index contributed by atoms with van der Waals surface area (Å²) in [4.78, 5) is 5.18. The van der Waals surface area contributed by atoms with E-state index in [1.54, 1.807) is 0 Å². The molecule has 4 nitrogen and oxygen atoms in total. The van der Waals surface area contributed by atoms with Crippen molar-refractivity contribution in [2.24, 2.45) is 4.99 Å². The average Bonchev–Trinajstić information content (AvgIpc) is 3.55. The molecule has 6 aromatic carbocycles. The maximum Gasteiger partial charge on any atom is 0.0863 e. The van der Waals surface area contributed by atoms with Gasteiger partial charge in [-0.25, -0.2) is 4.99 Å². The standard InChI is InChI=1S/C38H28N4/c39-32-19-9-10-20-33(32)40-34(26-13-3-1-4-14-26)25-41-35-21-11-7-17-28(35)30-23-24-31-29-18-8-12-22-36(29)42(38(31)37(30)41)27-15-5-2-6-16-27/h1-24H,25,39H2/b40-34+. The summed E-state index contributed by atoms with van der Waals surface area (Å²) in [5.74, 6) is 0. The summed E-state index contributed by atoms with van der Waals surface area (Å²) in [6, 6.07) is 50.9. The van der Waals surface area contributed by atoms with Crippen LogP contribution in [0.5, 0.6) is 0 Å². The minimum Gasteiger partial charge on any atom is -0.397 e. The highest BCUT2D eigenvalue weighted by Crippen LogP contribution is 2.40. The molecular formula is C38H28N4. The molecule has 0 aliphatic rings. The maximum atomic E-state index is 6.39. The summed E-state index contributed by atoms with van der Waals surface area (Å²) in [6.07, 6.45) is 0. The van der Waals surface area contributed by atoms with Crippen molar-refractivity contribution in [3.8, 4) is 5.69 Å². The zero-order valence-corrected chi connectivity index (χ0v) is 23.0. The van der Waals surface area contributed by atoms with Crippen LogP contribution in [0.4, 0.5) is 11.4 Å². The highest BCUT2D eigenvalue weighted by Gasteiger charge is 2.21. The highest BCUT2D eigenvalue weighted by atomic mass is 15.0. The SMILES string of the molecule is Nc1ccccc1/N=C(\Cn1c2ccccc2c2ccc3c4ccccc4n(-c4ccccc4)c3c21)c1ccccc1. The van der Waals surface area contributed by atoms with E-state index < -0.39 is 0 Å². The normalized spacial score (nSPS) is 12.1. The van der Waals surface area contributed by atoms with Gasteiger partial charge in [-0.05, 0) is 42.0 Å². The lowest BCUT2D eigenvalue weighted by Gasteiger charge is -2.14. The molecule has 0 saturated carbocycles. The third-order valence-corrected chi connectivity index (χ3v) is 8.19. The van der Waals surface area contributed by atoms with Crippen molar-refractivity contribution in [2.45, 2.75) is 6.54 Å². The maximum absolute atomic E-state index is 6.39. The number of fused-ring (bicyclic) bond motifs is 7. The Kier molecular flexibility index (Phi) is 5.64. The summed E-state index contributed by atoms with van der Waals surface area (Å²) in [5, 5.41) is 4.93. The van der Waals surface area contributed by atoms with Gasteiger partial charge < -0.3 is 14.9 Å². The van der Waals surface area contributed by atoms with E-state index in [4.69, 9.17) is 10.7 Å². The minimum atomic E-state index is 0.581. The Morgan fingerprint density at radius 1 is 0.524 bits per heavy atom. The number of hydrogen-bond acceptors (Lipinski definition) is 2. The van der Waals surface area contributed by atoms with E-state index in [-0.39, 0.29) is 0 Å². The summed E-state index contributed by atoms with van der Waals surface area (Å²) >= 11 is 0. The van der Waals surface area contributed by atoms with E-state index in [2.05, 4.69) is 124 Å². The Labute approximate surface area is 243 Å². The van der Waals surface area contributed by atoms with Crippen molar-refractivity contribution < 1.29 is 0 Å². The van der Waals surface area contributed by atoms with Crippen LogP contribution in [0.25, 0.3) is 49.3 Å². The Bertz CT molecular complexity index is 2270. The van der Waals surface area contributed by atoms with E-state index in [0.717, 1.165) is 22.6 Å². The molecular weight excluding hydrogens is 512 g/mol. The molecule has 4 heteroatoms. The number of anilines is 1. The summed E-state index contributed by atoms with van der Waals surface area (Å²) < 4.78 is 4.85. The van der Waals surface area contributed by atoms with Crippen LogP contribution in [0.3, 0.4) is 0 Å².